The standard InChI is InChI=1S/C21H31F3N4O3/c1-15(6-5-8-26-19(30)31-20(2,3)4)18(29)28-12-10-27(11-13-28)17-14-16(7-9-25-17)21(22,23)24/h7,9,14-15H,5-6,8,10-13H2,1-4H3,(H,26,30). The maximum absolute atomic E-state index is 12.9. The first kappa shape index (κ1) is 24.7. The van der Waals surface area contributed by atoms with E-state index in [1.54, 1.807) is 30.6 Å². The SMILES string of the molecule is CC(CCCNC(=O)OC(C)(C)C)C(=O)N1CCN(c2cc(C(F)(F)F)ccn2)CC1. The summed E-state index contributed by atoms with van der Waals surface area (Å²) in [5, 5.41) is 2.67. The Morgan fingerprint density at radius 3 is 2.42 bits per heavy atom. The summed E-state index contributed by atoms with van der Waals surface area (Å²) in [4.78, 5) is 31.8. The molecule has 0 spiro atoms. The molecule has 1 aromatic rings. The van der Waals surface area contributed by atoms with E-state index in [9.17, 15) is 22.8 Å². The number of hydrogen-bond donors (Lipinski definition) is 1. The molecule has 0 bridgehead atoms. The molecule has 1 unspecified atom stereocenters. The zero-order chi connectivity index (χ0) is 23.2. The zero-order valence-corrected chi connectivity index (χ0v) is 18.5. The van der Waals surface area contributed by atoms with E-state index in [4.69, 9.17) is 4.74 Å². The van der Waals surface area contributed by atoms with Gasteiger partial charge in [0.05, 0.1) is 5.56 Å². The molecule has 10 heteroatoms. The first-order valence-corrected chi connectivity index (χ1v) is 10.4. The quantitative estimate of drug-likeness (QED) is 0.678. The van der Waals surface area contributed by atoms with Crippen LogP contribution in [0.3, 0.4) is 0 Å². The number of halogens is 3. The summed E-state index contributed by atoms with van der Waals surface area (Å²) >= 11 is 0. The lowest BCUT2D eigenvalue weighted by atomic mass is 10.0. The number of piperazine rings is 1. The average molecular weight is 444 g/mol. The summed E-state index contributed by atoms with van der Waals surface area (Å²) in [6.07, 6.45) is -2.48. The van der Waals surface area contributed by atoms with Crippen molar-refractivity contribution in [1.82, 2.24) is 15.2 Å². The number of aromatic nitrogens is 1. The first-order valence-electron chi connectivity index (χ1n) is 10.4. The zero-order valence-electron chi connectivity index (χ0n) is 18.5. The number of anilines is 1. The predicted molar refractivity (Wildman–Crippen MR) is 111 cm³/mol. The van der Waals surface area contributed by atoms with Gasteiger partial charge >= 0.3 is 12.3 Å². The Hall–Kier alpha value is -2.52. The molecule has 2 amide bonds. The molecule has 0 aliphatic carbocycles. The molecule has 0 radical (unpaired) electrons. The number of carbonyl (C=O) groups is 2. The van der Waals surface area contributed by atoms with Crippen molar-refractivity contribution in [3.8, 4) is 0 Å². The van der Waals surface area contributed by atoms with Gasteiger partial charge in [0.15, 0.2) is 0 Å². The molecule has 7 nitrogen and oxygen atoms in total. The minimum Gasteiger partial charge on any atom is -0.444 e. The van der Waals surface area contributed by atoms with Crippen molar-refractivity contribution in [2.75, 3.05) is 37.6 Å². The van der Waals surface area contributed by atoms with Crippen LogP contribution in [0, 0.1) is 5.92 Å². The second-order valence-corrected chi connectivity index (χ2v) is 8.68. The van der Waals surface area contributed by atoms with E-state index in [0.29, 0.717) is 45.6 Å². The van der Waals surface area contributed by atoms with Crippen LogP contribution in [0.25, 0.3) is 0 Å². The molecule has 174 valence electrons. The van der Waals surface area contributed by atoms with Crippen molar-refractivity contribution >= 4 is 17.8 Å². The molecule has 2 heterocycles. The van der Waals surface area contributed by atoms with Gasteiger partial charge in [-0.3, -0.25) is 4.79 Å². The molecule has 1 aliphatic heterocycles. The Morgan fingerprint density at radius 1 is 1.19 bits per heavy atom. The Bertz CT molecular complexity index is 757. The molecule has 0 aromatic carbocycles. The lowest BCUT2D eigenvalue weighted by Gasteiger charge is -2.36. The molecular formula is C21H31F3N4O3. The fraction of sp³-hybridized carbons (Fsp3) is 0.667. The van der Waals surface area contributed by atoms with Crippen LogP contribution < -0.4 is 10.2 Å². The monoisotopic (exact) mass is 444 g/mol. The highest BCUT2D eigenvalue weighted by molar-refractivity contribution is 5.78. The highest BCUT2D eigenvalue weighted by Crippen LogP contribution is 2.31. The van der Waals surface area contributed by atoms with Gasteiger partial charge in [0, 0.05) is 44.8 Å². The number of amides is 2. The molecule has 1 atom stereocenters. The van der Waals surface area contributed by atoms with Crippen molar-refractivity contribution < 1.29 is 27.5 Å². The van der Waals surface area contributed by atoms with E-state index in [1.165, 1.54) is 0 Å². The summed E-state index contributed by atoms with van der Waals surface area (Å²) < 4.78 is 43.9. The van der Waals surface area contributed by atoms with Crippen molar-refractivity contribution in [3.63, 3.8) is 0 Å². The summed E-state index contributed by atoms with van der Waals surface area (Å²) in [5.41, 5.74) is -1.29. The van der Waals surface area contributed by atoms with Crippen LogP contribution in [0.15, 0.2) is 18.3 Å². The molecule has 31 heavy (non-hydrogen) atoms. The van der Waals surface area contributed by atoms with E-state index in [-0.39, 0.29) is 17.6 Å². The number of alkyl halides is 3. The smallest absolute Gasteiger partial charge is 0.416 e. The van der Waals surface area contributed by atoms with Gasteiger partial charge in [-0.05, 0) is 45.7 Å². The Kier molecular flexibility index (Phi) is 8.14. The lowest BCUT2D eigenvalue weighted by molar-refractivity contribution is -0.137. The average Bonchev–Trinajstić information content (AvgIpc) is 2.69. The van der Waals surface area contributed by atoms with Crippen LogP contribution in [0.2, 0.25) is 0 Å². The fourth-order valence-corrected chi connectivity index (χ4v) is 3.27. The van der Waals surface area contributed by atoms with Crippen LogP contribution in [0.1, 0.15) is 46.1 Å². The lowest BCUT2D eigenvalue weighted by Crippen LogP contribution is -2.50. The predicted octanol–water partition coefficient (Wildman–Crippen LogP) is 3.69. The van der Waals surface area contributed by atoms with E-state index >= 15 is 0 Å². The molecule has 1 aliphatic rings. The molecule has 1 aromatic heterocycles. The maximum atomic E-state index is 12.9. The Labute approximate surface area is 180 Å². The van der Waals surface area contributed by atoms with Gasteiger partial charge in [-0.1, -0.05) is 6.92 Å². The van der Waals surface area contributed by atoms with Gasteiger partial charge in [0.25, 0.3) is 0 Å². The van der Waals surface area contributed by atoms with Crippen molar-refractivity contribution in [2.24, 2.45) is 5.92 Å². The largest absolute Gasteiger partial charge is 0.444 e. The van der Waals surface area contributed by atoms with E-state index in [0.717, 1.165) is 18.3 Å². The van der Waals surface area contributed by atoms with E-state index in [1.807, 2.05) is 6.92 Å². The summed E-state index contributed by atoms with van der Waals surface area (Å²) in [6, 6.07) is 1.99. The van der Waals surface area contributed by atoms with Crippen molar-refractivity contribution in [3.05, 3.63) is 23.9 Å². The van der Waals surface area contributed by atoms with Gasteiger partial charge in [0.1, 0.15) is 11.4 Å². The normalized spacial score (nSPS) is 16.1. The minimum atomic E-state index is -4.41. The number of nitrogens with zero attached hydrogens (tertiary/aromatic N) is 3. The Balaban J connectivity index is 1.76. The summed E-state index contributed by atoms with van der Waals surface area (Å²) in [5.74, 6) is 0.0655. The topological polar surface area (TPSA) is 74.8 Å². The second-order valence-electron chi connectivity index (χ2n) is 8.68. The van der Waals surface area contributed by atoms with Crippen molar-refractivity contribution in [2.45, 2.75) is 52.3 Å². The second kappa shape index (κ2) is 10.2. The number of pyridine rings is 1. The number of hydrogen-bond acceptors (Lipinski definition) is 5. The number of nitrogens with one attached hydrogen (secondary N) is 1. The molecular weight excluding hydrogens is 413 g/mol. The van der Waals surface area contributed by atoms with E-state index < -0.39 is 23.4 Å². The first-order chi connectivity index (χ1) is 14.4. The molecule has 1 N–H and O–H groups in total. The molecule has 1 saturated heterocycles. The van der Waals surface area contributed by atoms with Gasteiger partial charge in [-0.25, -0.2) is 9.78 Å². The van der Waals surface area contributed by atoms with Crippen molar-refractivity contribution in [1.29, 1.82) is 0 Å². The molecule has 1 fully saturated rings. The third kappa shape index (κ3) is 7.91. The van der Waals surface area contributed by atoms with Crippen LogP contribution >= 0.6 is 0 Å². The van der Waals surface area contributed by atoms with Crippen LogP contribution in [-0.4, -0.2) is 60.2 Å². The minimum absolute atomic E-state index is 0.00826. The van der Waals surface area contributed by atoms with Crippen LogP contribution in [0.4, 0.5) is 23.8 Å². The van der Waals surface area contributed by atoms with Gasteiger partial charge in [-0.2, -0.15) is 13.2 Å². The summed E-state index contributed by atoms with van der Waals surface area (Å²) in [6.45, 7) is 9.33. The molecule has 0 saturated carbocycles. The van der Waals surface area contributed by atoms with Gasteiger partial charge in [-0.15, -0.1) is 0 Å². The van der Waals surface area contributed by atoms with E-state index in [2.05, 4.69) is 10.3 Å². The van der Waals surface area contributed by atoms with Crippen LogP contribution in [-0.2, 0) is 15.7 Å². The summed E-state index contributed by atoms with van der Waals surface area (Å²) in [7, 11) is 0. The fourth-order valence-electron chi connectivity index (χ4n) is 3.27. The Morgan fingerprint density at radius 2 is 1.84 bits per heavy atom. The van der Waals surface area contributed by atoms with Gasteiger partial charge < -0.3 is 19.9 Å². The molecule has 2 rings (SSSR count). The highest BCUT2D eigenvalue weighted by atomic mass is 19.4. The number of ether oxygens (including phenoxy) is 1. The number of alkyl carbamates (subject to hydrolysis) is 1. The highest BCUT2D eigenvalue weighted by Gasteiger charge is 2.32. The third-order valence-corrected chi connectivity index (χ3v) is 4.89. The third-order valence-electron chi connectivity index (χ3n) is 4.89. The van der Waals surface area contributed by atoms with Crippen LogP contribution in [0.5, 0.6) is 0 Å². The number of rotatable bonds is 6. The number of carbonyl (C=O) groups excluding carboxylic acids is 2. The van der Waals surface area contributed by atoms with Gasteiger partial charge in [0.2, 0.25) is 5.91 Å². The maximum Gasteiger partial charge on any atom is 0.416 e.